The first-order valence-electron chi connectivity index (χ1n) is 7.43. The highest BCUT2D eigenvalue weighted by Gasteiger charge is 2.34. The first-order valence-corrected chi connectivity index (χ1v) is 8.25. The quantitative estimate of drug-likeness (QED) is 0.641. The van der Waals surface area contributed by atoms with Crippen molar-refractivity contribution in [1.82, 2.24) is 10.3 Å². The van der Waals surface area contributed by atoms with Crippen LogP contribution in [0, 0.1) is 10.1 Å². The summed E-state index contributed by atoms with van der Waals surface area (Å²) in [6.07, 6.45) is -3.99. The van der Waals surface area contributed by atoms with E-state index in [9.17, 15) is 28.1 Å². The van der Waals surface area contributed by atoms with Gasteiger partial charge in [-0.05, 0) is 19.0 Å². The minimum absolute atomic E-state index is 0.0924. The van der Waals surface area contributed by atoms with Gasteiger partial charge in [0.15, 0.2) is 5.13 Å². The zero-order chi connectivity index (χ0) is 18.2. The molecule has 0 unspecified atom stereocenters. The molecule has 1 N–H and O–H groups in total. The minimum atomic E-state index is -4.79. The number of nitro groups is 1. The van der Waals surface area contributed by atoms with E-state index in [1.54, 1.807) is 0 Å². The van der Waals surface area contributed by atoms with Crippen molar-refractivity contribution < 1.29 is 18.1 Å². The van der Waals surface area contributed by atoms with Crippen LogP contribution in [0.3, 0.4) is 0 Å². The van der Waals surface area contributed by atoms with E-state index in [4.69, 9.17) is 0 Å². The Morgan fingerprint density at radius 1 is 1.28 bits per heavy atom. The van der Waals surface area contributed by atoms with Crippen molar-refractivity contribution in [2.24, 2.45) is 0 Å². The topological polar surface area (TPSA) is 88.4 Å². The van der Waals surface area contributed by atoms with Crippen LogP contribution in [0.2, 0.25) is 0 Å². The maximum atomic E-state index is 12.9. The molecule has 25 heavy (non-hydrogen) atoms. The van der Waals surface area contributed by atoms with Gasteiger partial charge in [0.25, 0.3) is 11.2 Å². The summed E-state index contributed by atoms with van der Waals surface area (Å²) in [7, 11) is 0. The first-order chi connectivity index (χ1) is 11.8. The van der Waals surface area contributed by atoms with E-state index in [-0.39, 0.29) is 15.2 Å². The lowest BCUT2D eigenvalue weighted by molar-refractivity contribution is -0.383. The molecule has 7 nitrogen and oxygen atoms in total. The van der Waals surface area contributed by atoms with E-state index in [0.717, 1.165) is 24.3 Å². The number of hydrogen-bond donors (Lipinski definition) is 1. The molecule has 1 aliphatic rings. The van der Waals surface area contributed by atoms with Gasteiger partial charge in [0.05, 0.1) is 15.9 Å². The normalized spacial score (nSPS) is 16.0. The number of non-ortho nitro benzene ring substituents is 1. The Labute approximate surface area is 143 Å². The summed E-state index contributed by atoms with van der Waals surface area (Å²) in [5.74, 6) is 0. The van der Waals surface area contributed by atoms with Crippen LogP contribution >= 0.6 is 11.3 Å². The predicted molar refractivity (Wildman–Crippen MR) is 87.2 cm³/mol. The molecular weight excluding hydrogens is 361 g/mol. The van der Waals surface area contributed by atoms with Gasteiger partial charge < -0.3 is 10.2 Å². The number of aromatic nitrogens is 1. The Balaban J connectivity index is 2.21. The van der Waals surface area contributed by atoms with Crippen LogP contribution < -0.4 is 15.8 Å². The Morgan fingerprint density at radius 3 is 2.72 bits per heavy atom. The molecule has 0 atom stereocenters. The lowest BCUT2D eigenvalue weighted by Gasteiger charge is -2.20. The fraction of sp³-hybridized carbons (Fsp3) is 0.429. The fourth-order valence-corrected chi connectivity index (χ4v) is 3.73. The smallest absolute Gasteiger partial charge is 0.347 e. The van der Waals surface area contributed by atoms with Crippen LogP contribution in [0.15, 0.2) is 16.9 Å². The van der Waals surface area contributed by atoms with Crippen LogP contribution in [0.25, 0.3) is 10.1 Å². The Kier molecular flexibility index (Phi) is 4.60. The lowest BCUT2D eigenvalue weighted by Crippen LogP contribution is -2.29. The first kappa shape index (κ1) is 17.5. The third kappa shape index (κ3) is 3.56. The maximum absolute atomic E-state index is 12.9. The number of rotatable bonds is 2. The second kappa shape index (κ2) is 6.56. The van der Waals surface area contributed by atoms with Crippen LogP contribution in [0.1, 0.15) is 12.0 Å². The second-order valence-corrected chi connectivity index (χ2v) is 6.50. The van der Waals surface area contributed by atoms with Crippen molar-refractivity contribution in [3.05, 3.63) is 38.2 Å². The number of halogens is 3. The van der Waals surface area contributed by atoms with E-state index in [2.05, 4.69) is 10.3 Å². The van der Waals surface area contributed by atoms with Crippen molar-refractivity contribution in [2.75, 3.05) is 31.1 Å². The molecule has 1 fully saturated rings. The number of alkyl halides is 3. The van der Waals surface area contributed by atoms with Gasteiger partial charge in [-0.25, -0.2) is 0 Å². The summed E-state index contributed by atoms with van der Waals surface area (Å²) in [5.41, 5.74) is -2.86. The molecule has 0 aliphatic carbocycles. The molecule has 0 saturated carbocycles. The van der Waals surface area contributed by atoms with E-state index in [1.165, 1.54) is 0 Å². The maximum Gasteiger partial charge on any atom is 0.416 e. The molecule has 1 aliphatic heterocycles. The molecule has 11 heteroatoms. The van der Waals surface area contributed by atoms with Gasteiger partial charge in [-0.3, -0.25) is 14.9 Å². The Bertz CT molecular complexity index is 876. The van der Waals surface area contributed by atoms with Crippen LogP contribution in [0.4, 0.5) is 24.0 Å². The van der Waals surface area contributed by atoms with Gasteiger partial charge in [0, 0.05) is 25.7 Å². The number of fused-ring (bicyclic) bond motifs is 1. The average Bonchev–Trinajstić information content (AvgIpc) is 2.82. The standard InChI is InChI=1S/C14H13F3N4O3S/c15-14(16,17)8-6-9-11(10(7-8)21(23)24)25-13(19-12(9)22)20-4-1-2-18-3-5-20/h6-7,18H,1-5H2. The predicted octanol–water partition coefficient (Wildman–Crippen LogP) is 2.38. The van der Waals surface area contributed by atoms with Crippen molar-refractivity contribution in [1.29, 1.82) is 0 Å². The highest BCUT2D eigenvalue weighted by Crippen LogP contribution is 2.38. The van der Waals surface area contributed by atoms with Crippen molar-refractivity contribution in [3.63, 3.8) is 0 Å². The Hall–Kier alpha value is -2.27. The van der Waals surface area contributed by atoms with Crippen molar-refractivity contribution in [2.45, 2.75) is 12.6 Å². The molecule has 0 radical (unpaired) electrons. The van der Waals surface area contributed by atoms with Gasteiger partial charge in [-0.15, -0.1) is 0 Å². The highest BCUT2D eigenvalue weighted by molar-refractivity contribution is 7.22. The summed E-state index contributed by atoms with van der Waals surface area (Å²) < 4.78 is 38.8. The van der Waals surface area contributed by atoms with Crippen molar-refractivity contribution >= 4 is 32.2 Å². The number of hydrogen-bond acceptors (Lipinski definition) is 7. The molecule has 1 saturated heterocycles. The number of nitro benzene ring substituents is 1. The zero-order valence-corrected chi connectivity index (χ0v) is 13.6. The van der Waals surface area contributed by atoms with Gasteiger partial charge in [0.1, 0.15) is 4.70 Å². The number of anilines is 1. The molecule has 0 bridgehead atoms. The summed E-state index contributed by atoms with van der Waals surface area (Å²) in [6.45, 7) is 2.63. The molecular formula is C14H13F3N4O3S. The number of nitrogens with one attached hydrogen (secondary N) is 1. The highest BCUT2D eigenvalue weighted by atomic mass is 32.1. The van der Waals surface area contributed by atoms with E-state index < -0.39 is 27.9 Å². The molecule has 1 aromatic carbocycles. The molecule has 2 aromatic rings. The monoisotopic (exact) mass is 374 g/mol. The molecule has 3 rings (SSSR count). The van der Waals surface area contributed by atoms with Gasteiger partial charge in [0.2, 0.25) is 0 Å². The molecule has 2 heterocycles. The lowest BCUT2D eigenvalue weighted by atomic mass is 10.1. The molecule has 134 valence electrons. The van der Waals surface area contributed by atoms with E-state index in [1.807, 2.05) is 4.90 Å². The largest absolute Gasteiger partial charge is 0.416 e. The molecule has 1 aromatic heterocycles. The van der Waals surface area contributed by atoms with E-state index in [0.29, 0.717) is 31.8 Å². The fourth-order valence-electron chi connectivity index (χ4n) is 2.61. The second-order valence-electron chi connectivity index (χ2n) is 5.52. The summed E-state index contributed by atoms with van der Waals surface area (Å²) in [4.78, 5) is 28.3. The van der Waals surface area contributed by atoms with Gasteiger partial charge in [-0.2, -0.15) is 18.2 Å². The minimum Gasteiger partial charge on any atom is -0.347 e. The third-order valence-corrected chi connectivity index (χ3v) is 4.99. The van der Waals surface area contributed by atoms with Gasteiger partial charge >= 0.3 is 6.18 Å². The van der Waals surface area contributed by atoms with Crippen LogP contribution in [-0.4, -0.2) is 36.1 Å². The average molecular weight is 374 g/mol. The number of benzene rings is 1. The van der Waals surface area contributed by atoms with Crippen LogP contribution in [-0.2, 0) is 6.18 Å². The summed E-state index contributed by atoms with van der Waals surface area (Å²) >= 11 is 0.869. The molecule has 0 spiro atoms. The Morgan fingerprint density at radius 2 is 2.04 bits per heavy atom. The van der Waals surface area contributed by atoms with Crippen molar-refractivity contribution in [3.8, 4) is 0 Å². The summed E-state index contributed by atoms with van der Waals surface area (Å²) in [5, 5.41) is 14.3. The van der Waals surface area contributed by atoms with Crippen LogP contribution in [0.5, 0.6) is 0 Å². The van der Waals surface area contributed by atoms with Gasteiger partial charge in [-0.1, -0.05) is 11.3 Å². The van der Waals surface area contributed by atoms with E-state index >= 15 is 0 Å². The zero-order valence-electron chi connectivity index (χ0n) is 12.8. The SMILES string of the molecule is O=c1nc(N2CCCNCC2)sc2c([N+](=O)[O-])cc(C(F)(F)F)cc12. The number of nitrogens with zero attached hydrogens (tertiary/aromatic N) is 3. The summed E-state index contributed by atoms with van der Waals surface area (Å²) in [6, 6.07) is 1.09. The third-order valence-electron chi connectivity index (χ3n) is 3.82. The molecule has 0 amide bonds.